The van der Waals surface area contributed by atoms with Crippen molar-refractivity contribution in [1.29, 1.82) is 0 Å². The molecule has 1 amide bonds. The van der Waals surface area contributed by atoms with Gasteiger partial charge in [-0.25, -0.2) is 0 Å². The van der Waals surface area contributed by atoms with Crippen molar-refractivity contribution in [3.8, 4) is 11.3 Å². The highest BCUT2D eigenvalue weighted by Gasteiger charge is 2.28. The largest absolute Gasteiger partial charge is 0.326 e. The molecule has 114 valence electrons. The first-order valence-corrected chi connectivity index (χ1v) is 7.85. The standard InChI is InChI=1S/C18H21N3O/c1-12-8-9-15(11-16(12)17-7-4-10-19-21-17)20-18(22)13(2)14-5-3-6-14/h4,7-11,13-14H,3,5-6H2,1-2H3,(H,20,22)/t13-/m0/s1. The minimum absolute atomic E-state index is 0.0787. The SMILES string of the molecule is Cc1ccc(NC(=O)[C@@H](C)C2CCC2)cc1-c1cccnn1. The average molecular weight is 295 g/mol. The van der Waals surface area contributed by atoms with Crippen LogP contribution >= 0.6 is 0 Å². The summed E-state index contributed by atoms with van der Waals surface area (Å²) in [7, 11) is 0. The summed E-state index contributed by atoms with van der Waals surface area (Å²) >= 11 is 0. The number of nitrogens with zero attached hydrogens (tertiary/aromatic N) is 2. The van der Waals surface area contributed by atoms with Crippen LogP contribution in [0, 0.1) is 18.8 Å². The normalized spacial score (nSPS) is 15.9. The fraction of sp³-hybridized carbons (Fsp3) is 0.389. The Morgan fingerprint density at radius 1 is 1.32 bits per heavy atom. The second-order valence-corrected chi connectivity index (χ2v) is 6.11. The number of anilines is 1. The minimum atomic E-state index is 0.0787. The van der Waals surface area contributed by atoms with Gasteiger partial charge in [-0.05, 0) is 55.5 Å². The number of amides is 1. The maximum atomic E-state index is 12.3. The van der Waals surface area contributed by atoms with E-state index in [1.807, 2.05) is 44.2 Å². The highest BCUT2D eigenvalue weighted by atomic mass is 16.1. The third kappa shape index (κ3) is 3.01. The number of carbonyl (C=O) groups is 1. The monoisotopic (exact) mass is 295 g/mol. The van der Waals surface area contributed by atoms with Crippen molar-refractivity contribution in [2.75, 3.05) is 5.32 Å². The summed E-state index contributed by atoms with van der Waals surface area (Å²) in [4.78, 5) is 12.3. The van der Waals surface area contributed by atoms with Gasteiger partial charge in [-0.3, -0.25) is 4.79 Å². The van der Waals surface area contributed by atoms with Gasteiger partial charge in [0.15, 0.2) is 0 Å². The summed E-state index contributed by atoms with van der Waals surface area (Å²) in [6.45, 7) is 4.06. The van der Waals surface area contributed by atoms with Crippen LogP contribution in [0.15, 0.2) is 36.5 Å². The average Bonchev–Trinajstić information content (AvgIpc) is 2.48. The van der Waals surface area contributed by atoms with Crippen molar-refractivity contribution in [2.24, 2.45) is 11.8 Å². The van der Waals surface area contributed by atoms with E-state index >= 15 is 0 Å². The van der Waals surface area contributed by atoms with E-state index in [0.717, 1.165) is 22.5 Å². The molecule has 1 fully saturated rings. The molecule has 1 aromatic carbocycles. The number of nitrogens with one attached hydrogen (secondary N) is 1. The third-order valence-electron chi connectivity index (χ3n) is 4.62. The first kappa shape index (κ1) is 14.7. The summed E-state index contributed by atoms with van der Waals surface area (Å²) < 4.78 is 0. The van der Waals surface area contributed by atoms with E-state index in [2.05, 4.69) is 15.5 Å². The first-order valence-electron chi connectivity index (χ1n) is 7.85. The predicted molar refractivity (Wildman–Crippen MR) is 87.3 cm³/mol. The van der Waals surface area contributed by atoms with E-state index in [4.69, 9.17) is 0 Å². The lowest BCUT2D eigenvalue weighted by Gasteiger charge is -2.30. The highest BCUT2D eigenvalue weighted by molar-refractivity contribution is 5.93. The van der Waals surface area contributed by atoms with Crippen LogP contribution in [0.4, 0.5) is 5.69 Å². The van der Waals surface area contributed by atoms with Gasteiger partial charge in [0.05, 0.1) is 5.69 Å². The molecule has 1 aliphatic rings. The smallest absolute Gasteiger partial charge is 0.227 e. The number of benzene rings is 1. The van der Waals surface area contributed by atoms with Crippen molar-refractivity contribution >= 4 is 11.6 Å². The Kier molecular flexibility index (Phi) is 4.18. The summed E-state index contributed by atoms with van der Waals surface area (Å²) in [5.74, 6) is 0.735. The van der Waals surface area contributed by atoms with Crippen molar-refractivity contribution in [1.82, 2.24) is 10.2 Å². The lowest BCUT2D eigenvalue weighted by atomic mass is 9.76. The summed E-state index contributed by atoms with van der Waals surface area (Å²) in [5, 5.41) is 11.1. The molecule has 0 unspecified atom stereocenters. The van der Waals surface area contributed by atoms with Gasteiger partial charge >= 0.3 is 0 Å². The number of aryl methyl sites for hydroxylation is 1. The van der Waals surface area contributed by atoms with Crippen molar-refractivity contribution < 1.29 is 4.79 Å². The molecule has 4 nitrogen and oxygen atoms in total. The van der Waals surface area contributed by atoms with Gasteiger partial charge in [-0.1, -0.05) is 19.4 Å². The van der Waals surface area contributed by atoms with Crippen LogP contribution in [0.5, 0.6) is 0 Å². The highest BCUT2D eigenvalue weighted by Crippen LogP contribution is 2.34. The van der Waals surface area contributed by atoms with Gasteiger partial charge in [0, 0.05) is 23.4 Å². The Morgan fingerprint density at radius 2 is 2.14 bits per heavy atom. The zero-order valence-corrected chi connectivity index (χ0v) is 13.0. The van der Waals surface area contributed by atoms with Crippen molar-refractivity contribution in [3.05, 3.63) is 42.1 Å². The molecule has 1 saturated carbocycles. The third-order valence-corrected chi connectivity index (χ3v) is 4.62. The molecule has 0 spiro atoms. The molecular weight excluding hydrogens is 274 g/mol. The predicted octanol–water partition coefficient (Wildman–Crippen LogP) is 3.83. The van der Waals surface area contributed by atoms with Crippen molar-refractivity contribution in [3.63, 3.8) is 0 Å². The molecule has 0 saturated heterocycles. The Bertz CT molecular complexity index is 665. The number of hydrogen-bond donors (Lipinski definition) is 1. The zero-order chi connectivity index (χ0) is 15.5. The van der Waals surface area contributed by atoms with Crippen LogP contribution in [-0.4, -0.2) is 16.1 Å². The molecule has 0 radical (unpaired) electrons. The fourth-order valence-electron chi connectivity index (χ4n) is 2.83. The molecule has 3 rings (SSSR count). The summed E-state index contributed by atoms with van der Waals surface area (Å²) in [5.41, 5.74) is 3.76. The van der Waals surface area contributed by atoms with Gasteiger partial charge in [0.25, 0.3) is 0 Å². The maximum Gasteiger partial charge on any atom is 0.227 e. The van der Waals surface area contributed by atoms with Crippen LogP contribution in [0.2, 0.25) is 0 Å². The Hall–Kier alpha value is -2.23. The van der Waals surface area contributed by atoms with Crippen molar-refractivity contribution in [2.45, 2.75) is 33.1 Å². The van der Waals surface area contributed by atoms with Gasteiger partial charge in [-0.15, -0.1) is 0 Å². The van der Waals surface area contributed by atoms with Gasteiger partial charge in [0.1, 0.15) is 0 Å². The molecule has 0 bridgehead atoms. The number of carbonyl (C=O) groups excluding carboxylic acids is 1. The van der Waals surface area contributed by atoms with E-state index in [1.165, 1.54) is 19.3 Å². The van der Waals surface area contributed by atoms with E-state index in [9.17, 15) is 4.79 Å². The molecule has 2 aromatic rings. The second-order valence-electron chi connectivity index (χ2n) is 6.11. The van der Waals surface area contributed by atoms with Gasteiger partial charge in [0.2, 0.25) is 5.91 Å². The van der Waals surface area contributed by atoms with E-state index < -0.39 is 0 Å². The molecule has 0 aliphatic heterocycles. The van der Waals surface area contributed by atoms with Crippen LogP contribution < -0.4 is 5.32 Å². The molecule has 1 atom stereocenters. The molecule has 1 N–H and O–H groups in total. The summed E-state index contributed by atoms with van der Waals surface area (Å²) in [6, 6.07) is 9.72. The van der Waals surface area contributed by atoms with Crippen LogP contribution in [0.25, 0.3) is 11.3 Å². The molecule has 1 heterocycles. The van der Waals surface area contributed by atoms with E-state index in [1.54, 1.807) is 6.20 Å². The van der Waals surface area contributed by atoms with Crippen LogP contribution in [0.3, 0.4) is 0 Å². The van der Waals surface area contributed by atoms with Gasteiger partial charge < -0.3 is 5.32 Å². The molecular formula is C18H21N3O. The first-order chi connectivity index (χ1) is 10.6. The minimum Gasteiger partial charge on any atom is -0.326 e. The second kappa shape index (κ2) is 6.26. The number of hydrogen-bond acceptors (Lipinski definition) is 3. The van der Waals surface area contributed by atoms with Gasteiger partial charge in [-0.2, -0.15) is 10.2 Å². The Balaban J connectivity index is 1.79. The number of aromatic nitrogens is 2. The van der Waals surface area contributed by atoms with Crippen LogP contribution in [0.1, 0.15) is 31.7 Å². The molecule has 4 heteroatoms. The lowest BCUT2D eigenvalue weighted by molar-refractivity contribution is -0.121. The lowest BCUT2D eigenvalue weighted by Crippen LogP contribution is -2.30. The van der Waals surface area contributed by atoms with E-state index in [0.29, 0.717) is 5.92 Å². The topological polar surface area (TPSA) is 54.9 Å². The molecule has 1 aliphatic carbocycles. The Morgan fingerprint density at radius 3 is 2.77 bits per heavy atom. The zero-order valence-electron chi connectivity index (χ0n) is 13.0. The fourth-order valence-corrected chi connectivity index (χ4v) is 2.83. The van der Waals surface area contributed by atoms with Crippen LogP contribution in [-0.2, 0) is 4.79 Å². The van der Waals surface area contributed by atoms with E-state index in [-0.39, 0.29) is 11.8 Å². The maximum absolute atomic E-state index is 12.3. The number of rotatable bonds is 4. The molecule has 1 aromatic heterocycles. The Labute approximate surface area is 131 Å². The quantitative estimate of drug-likeness (QED) is 0.932. The summed E-state index contributed by atoms with van der Waals surface area (Å²) in [6.07, 6.45) is 5.26. The molecule has 22 heavy (non-hydrogen) atoms.